The molecule has 17 heavy (non-hydrogen) atoms. The molecule has 3 saturated heterocycles. The van der Waals surface area contributed by atoms with Crippen molar-refractivity contribution in [2.24, 2.45) is 5.92 Å². The second-order valence-corrected chi connectivity index (χ2v) is 4.79. The summed E-state index contributed by atoms with van der Waals surface area (Å²) in [5.74, 6) is 1.54. The molecule has 1 N–H and O–H groups in total. The number of hydrogen-bond donors (Lipinski definition) is 1. The smallest absolute Gasteiger partial charge is 0.158 e. The summed E-state index contributed by atoms with van der Waals surface area (Å²) in [6.07, 6.45) is 5.72. The summed E-state index contributed by atoms with van der Waals surface area (Å²) in [4.78, 5) is 10.7. The van der Waals surface area contributed by atoms with Crippen molar-refractivity contribution in [1.82, 2.24) is 14.9 Å². The summed E-state index contributed by atoms with van der Waals surface area (Å²) in [7, 11) is 0. The fraction of sp³-hybridized carbons (Fsp3) is 0.583. The van der Waals surface area contributed by atoms with E-state index < -0.39 is 0 Å². The van der Waals surface area contributed by atoms with Gasteiger partial charge in [-0.1, -0.05) is 0 Å². The van der Waals surface area contributed by atoms with Gasteiger partial charge in [-0.15, -0.1) is 0 Å². The van der Waals surface area contributed by atoms with E-state index in [0.29, 0.717) is 11.7 Å². The number of hydrogen-bond acceptors (Lipinski definition) is 5. The van der Waals surface area contributed by atoms with Crippen LogP contribution in [0.1, 0.15) is 18.5 Å². The highest BCUT2D eigenvalue weighted by atomic mass is 15.2. The first-order chi connectivity index (χ1) is 8.35. The van der Waals surface area contributed by atoms with Gasteiger partial charge in [0.15, 0.2) is 5.69 Å². The Morgan fingerprint density at radius 2 is 2.12 bits per heavy atom. The molecular formula is C12H15N5. The number of piperidine rings is 3. The minimum absolute atomic E-state index is 0.365. The molecule has 1 unspecified atom stereocenters. The molecule has 1 aromatic rings. The molecule has 0 spiro atoms. The van der Waals surface area contributed by atoms with Gasteiger partial charge in [-0.3, -0.25) is 0 Å². The van der Waals surface area contributed by atoms with Crippen LogP contribution < -0.4 is 5.32 Å². The summed E-state index contributed by atoms with van der Waals surface area (Å²) in [6.45, 7) is 3.58. The first-order valence-corrected chi connectivity index (χ1v) is 6.06. The summed E-state index contributed by atoms with van der Waals surface area (Å²) < 4.78 is 0. The Morgan fingerprint density at radius 1 is 1.29 bits per heavy atom. The predicted octanol–water partition coefficient (Wildman–Crippen LogP) is 0.854. The molecule has 0 saturated carbocycles. The number of nitrogens with one attached hydrogen (secondary N) is 1. The third-order valence-electron chi connectivity index (χ3n) is 3.76. The van der Waals surface area contributed by atoms with Crippen LogP contribution in [0.25, 0.3) is 0 Å². The maximum absolute atomic E-state index is 8.66. The van der Waals surface area contributed by atoms with Crippen LogP contribution in [0.5, 0.6) is 0 Å². The average molecular weight is 229 g/mol. The molecule has 88 valence electrons. The maximum atomic E-state index is 8.66. The van der Waals surface area contributed by atoms with Crippen LogP contribution in [0.4, 0.5) is 5.82 Å². The van der Waals surface area contributed by atoms with Crippen molar-refractivity contribution < 1.29 is 0 Å². The van der Waals surface area contributed by atoms with Gasteiger partial charge in [-0.25, -0.2) is 9.97 Å². The number of anilines is 1. The fourth-order valence-electron chi connectivity index (χ4n) is 2.78. The lowest BCUT2D eigenvalue weighted by Gasteiger charge is -2.45. The van der Waals surface area contributed by atoms with Crippen molar-refractivity contribution in [3.05, 3.63) is 18.1 Å². The highest BCUT2D eigenvalue weighted by Crippen LogP contribution is 2.29. The first kappa shape index (κ1) is 10.5. The normalized spacial score (nSPS) is 30.9. The molecule has 3 aliphatic rings. The van der Waals surface area contributed by atoms with Gasteiger partial charge in [0.25, 0.3) is 0 Å². The van der Waals surface area contributed by atoms with Crippen molar-refractivity contribution >= 4 is 5.82 Å². The molecule has 2 bridgehead atoms. The van der Waals surface area contributed by atoms with E-state index >= 15 is 0 Å². The molecule has 3 fully saturated rings. The van der Waals surface area contributed by atoms with E-state index in [1.807, 2.05) is 6.07 Å². The zero-order valence-electron chi connectivity index (χ0n) is 9.63. The van der Waals surface area contributed by atoms with Gasteiger partial charge < -0.3 is 10.2 Å². The van der Waals surface area contributed by atoms with Gasteiger partial charge in [0, 0.05) is 12.6 Å². The average Bonchev–Trinajstić information content (AvgIpc) is 2.41. The number of rotatable bonds is 2. The Bertz CT molecular complexity index is 427. The van der Waals surface area contributed by atoms with Crippen LogP contribution in [0.3, 0.4) is 0 Å². The molecule has 3 aliphatic heterocycles. The summed E-state index contributed by atoms with van der Waals surface area (Å²) in [5, 5.41) is 12.1. The Kier molecular flexibility index (Phi) is 2.65. The van der Waals surface area contributed by atoms with E-state index in [9.17, 15) is 0 Å². The van der Waals surface area contributed by atoms with E-state index in [4.69, 9.17) is 5.26 Å². The number of aromatic nitrogens is 2. The highest BCUT2D eigenvalue weighted by molar-refractivity contribution is 5.35. The Hall–Kier alpha value is -1.67. The zero-order chi connectivity index (χ0) is 11.7. The minimum Gasteiger partial charge on any atom is -0.364 e. The first-order valence-electron chi connectivity index (χ1n) is 6.06. The molecular weight excluding hydrogens is 214 g/mol. The Balaban J connectivity index is 1.68. The lowest BCUT2D eigenvalue weighted by Crippen LogP contribution is -2.53. The monoisotopic (exact) mass is 229 g/mol. The van der Waals surface area contributed by atoms with Crippen LogP contribution in [0, 0.1) is 17.2 Å². The van der Waals surface area contributed by atoms with Crippen molar-refractivity contribution in [1.29, 1.82) is 5.26 Å². The Morgan fingerprint density at radius 3 is 2.65 bits per heavy atom. The number of fused-ring (bicyclic) bond motifs is 3. The largest absolute Gasteiger partial charge is 0.364 e. The summed E-state index contributed by atoms with van der Waals surface area (Å²) in [5.41, 5.74) is 0.365. The number of nitriles is 1. The second-order valence-electron chi connectivity index (χ2n) is 4.79. The molecule has 0 radical (unpaired) electrons. The van der Waals surface area contributed by atoms with Gasteiger partial charge in [0.2, 0.25) is 0 Å². The maximum Gasteiger partial charge on any atom is 0.158 e. The topological polar surface area (TPSA) is 64.8 Å². The van der Waals surface area contributed by atoms with Crippen LogP contribution in [0.15, 0.2) is 12.4 Å². The van der Waals surface area contributed by atoms with Crippen LogP contribution >= 0.6 is 0 Å². The third kappa shape index (κ3) is 2.08. The molecule has 4 rings (SSSR count). The lowest BCUT2D eigenvalue weighted by atomic mass is 9.84. The van der Waals surface area contributed by atoms with Crippen molar-refractivity contribution in [2.45, 2.75) is 18.9 Å². The van der Waals surface area contributed by atoms with E-state index in [1.165, 1.54) is 32.1 Å². The molecule has 5 nitrogen and oxygen atoms in total. The fourth-order valence-corrected chi connectivity index (χ4v) is 2.78. The molecule has 5 heteroatoms. The Labute approximate surface area is 100 Å². The van der Waals surface area contributed by atoms with Crippen LogP contribution in [-0.4, -0.2) is 40.5 Å². The van der Waals surface area contributed by atoms with Gasteiger partial charge >= 0.3 is 0 Å². The van der Waals surface area contributed by atoms with Crippen molar-refractivity contribution in [2.75, 3.05) is 25.0 Å². The predicted molar refractivity (Wildman–Crippen MR) is 63.3 cm³/mol. The number of nitrogens with zero attached hydrogens (tertiary/aromatic N) is 4. The SMILES string of the molecule is N#Cc1cnc(NC2CN3CCC2CC3)cn1. The molecule has 4 heterocycles. The molecule has 0 amide bonds. The van der Waals surface area contributed by atoms with E-state index in [2.05, 4.69) is 20.2 Å². The van der Waals surface area contributed by atoms with Crippen LogP contribution in [0.2, 0.25) is 0 Å². The van der Waals surface area contributed by atoms with E-state index in [-0.39, 0.29) is 0 Å². The van der Waals surface area contributed by atoms with E-state index in [0.717, 1.165) is 18.3 Å². The van der Waals surface area contributed by atoms with Gasteiger partial charge in [-0.2, -0.15) is 5.26 Å². The minimum atomic E-state index is 0.365. The van der Waals surface area contributed by atoms with Crippen molar-refractivity contribution in [3.8, 4) is 6.07 Å². The quantitative estimate of drug-likeness (QED) is 0.814. The molecule has 0 aliphatic carbocycles. The zero-order valence-corrected chi connectivity index (χ0v) is 9.63. The molecule has 1 atom stereocenters. The third-order valence-corrected chi connectivity index (χ3v) is 3.76. The molecule has 0 aromatic carbocycles. The highest BCUT2D eigenvalue weighted by Gasteiger charge is 2.34. The van der Waals surface area contributed by atoms with Gasteiger partial charge in [0.05, 0.1) is 12.4 Å². The van der Waals surface area contributed by atoms with E-state index in [1.54, 1.807) is 6.20 Å². The second kappa shape index (κ2) is 4.30. The van der Waals surface area contributed by atoms with Crippen LogP contribution in [-0.2, 0) is 0 Å². The van der Waals surface area contributed by atoms with Gasteiger partial charge in [-0.05, 0) is 31.8 Å². The molecule has 1 aromatic heterocycles. The van der Waals surface area contributed by atoms with Crippen molar-refractivity contribution in [3.63, 3.8) is 0 Å². The lowest BCUT2D eigenvalue weighted by molar-refractivity contribution is 0.0973. The summed E-state index contributed by atoms with van der Waals surface area (Å²) in [6, 6.07) is 2.46. The standard InChI is InChI=1S/C12H15N5/c13-5-10-6-15-12(7-14-10)16-11-8-17-3-1-9(11)2-4-17/h6-7,9,11H,1-4,8H2,(H,15,16). The van der Waals surface area contributed by atoms with Gasteiger partial charge in [0.1, 0.15) is 11.9 Å². The summed E-state index contributed by atoms with van der Waals surface area (Å²) >= 11 is 0.